The van der Waals surface area contributed by atoms with E-state index in [2.05, 4.69) is 9.88 Å². The number of aliphatic carboxylic acids is 1. The maximum Gasteiger partial charge on any atom is 0.343 e. The summed E-state index contributed by atoms with van der Waals surface area (Å²) in [6.07, 6.45) is -0.856. The van der Waals surface area contributed by atoms with E-state index in [-0.39, 0.29) is 11.8 Å². The third kappa shape index (κ3) is 3.05. The smallest absolute Gasteiger partial charge is 0.343 e. The van der Waals surface area contributed by atoms with Gasteiger partial charge in [-0.25, -0.2) is 14.6 Å². The molecule has 2 heterocycles. The van der Waals surface area contributed by atoms with Crippen LogP contribution in [0.4, 0.5) is 5.82 Å². The van der Waals surface area contributed by atoms with Crippen LogP contribution in [-0.2, 0) is 9.59 Å². The van der Waals surface area contributed by atoms with E-state index in [9.17, 15) is 19.8 Å². The summed E-state index contributed by atoms with van der Waals surface area (Å²) in [5, 5.41) is 27.3. The van der Waals surface area contributed by atoms with Gasteiger partial charge in [-0.1, -0.05) is 0 Å². The number of nitrogens with zero attached hydrogens (tertiary/aromatic N) is 2. The number of pyridine rings is 1. The Bertz CT molecular complexity index is 654. The van der Waals surface area contributed by atoms with Crippen molar-refractivity contribution in [1.82, 2.24) is 4.98 Å². The van der Waals surface area contributed by atoms with Crippen LogP contribution in [0.15, 0.2) is 18.3 Å². The fourth-order valence-electron chi connectivity index (χ4n) is 3.17. The fraction of sp³-hybridized carbons (Fsp3) is 0.533. The summed E-state index contributed by atoms with van der Waals surface area (Å²) in [6.45, 7) is 0.502. The maximum atomic E-state index is 11.7. The lowest BCUT2D eigenvalue weighted by atomic mass is 10.1. The summed E-state index contributed by atoms with van der Waals surface area (Å²) in [6, 6.07) is 3.54. The average Bonchev–Trinajstić information content (AvgIpc) is 3.23. The van der Waals surface area contributed by atoms with Crippen molar-refractivity contribution in [2.45, 2.75) is 37.1 Å². The predicted molar refractivity (Wildman–Crippen MR) is 81.4 cm³/mol. The van der Waals surface area contributed by atoms with Gasteiger partial charge in [0.1, 0.15) is 11.6 Å². The molecule has 5 unspecified atom stereocenters. The van der Waals surface area contributed by atoms with Crippen LogP contribution in [0.5, 0.6) is 5.75 Å². The van der Waals surface area contributed by atoms with Gasteiger partial charge >= 0.3 is 11.9 Å². The van der Waals surface area contributed by atoms with Gasteiger partial charge in [-0.05, 0) is 24.8 Å². The quantitative estimate of drug-likeness (QED) is 0.466. The van der Waals surface area contributed by atoms with Crippen molar-refractivity contribution in [1.29, 1.82) is 0 Å². The van der Waals surface area contributed by atoms with Crippen molar-refractivity contribution >= 4 is 17.8 Å². The molecule has 1 aliphatic carbocycles. The molecule has 1 saturated heterocycles. The molecule has 1 aromatic heterocycles. The summed E-state index contributed by atoms with van der Waals surface area (Å²) in [5.41, 5.74) is 5.79. The second kappa shape index (κ2) is 6.34. The number of hydrogen-bond acceptors (Lipinski definition) is 8. The van der Waals surface area contributed by atoms with Crippen molar-refractivity contribution in [2.24, 2.45) is 11.7 Å². The minimum atomic E-state index is -2.24. The molecule has 3 rings (SSSR count). The summed E-state index contributed by atoms with van der Waals surface area (Å²) >= 11 is 0. The molecule has 0 aromatic carbocycles. The molecule has 0 radical (unpaired) electrons. The molecule has 5 N–H and O–H groups in total. The highest BCUT2D eigenvalue weighted by atomic mass is 16.6. The second-order valence-electron chi connectivity index (χ2n) is 6.09. The molecule has 1 aliphatic heterocycles. The van der Waals surface area contributed by atoms with E-state index in [1.54, 1.807) is 6.07 Å². The number of rotatable bonds is 6. The Balaban J connectivity index is 1.72. The maximum absolute atomic E-state index is 11.7. The number of carbonyl (C=O) groups is 2. The van der Waals surface area contributed by atoms with E-state index in [0.717, 1.165) is 12.8 Å². The van der Waals surface area contributed by atoms with Gasteiger partial charge in [0, 0.05) is 30.9 Å². The van der Waals surface area contributed by atoms with E-state index in [1.165, 1.54) is 12.3 Å². The number of carboxylic acid groups (broad SMARTS) is 1. The number of esters is 1. The predicted octanol–water partition coefficient (Wildman–Crippen LogP) is -1.28. The first-order valence-electron chi connectivity index (χ1n) is 7.67. The van der Waals surface area contributed by atoms with Crippen LogP contribution in [0.25, 0.3) is 0 Å². The second-order valence-corrected chi connectivity index (χ2v) is 6.09. The van der Waals surface area contributed by atoms with Crippen LogP contribution >= 0.6 is 0 Å². The Kier molecular flexibility index (Phi) is 4.39. The number of anilines is 1. The number of fused-ring (bicyclic) bond motifs is 1. The molecule has 0 amide bonds. The number of hydrogen-bond donors (Lipinski definition) is 4. The minimum absolute atomic E-state index is 0.113. The summed E-state index contributed by atoms with van der Waals surface area (Å²) in [4.78, 5) is 28.7. The first kappa shape index (κ1) is 16.6. The van der Waals surface area contributed by atoms with Gasteiger partial charge in [-0.3, -0.25) is 0 Å². The molecule has 0 spiro atoms. The van der Waals surface area contributed by atoms with Gasteiger partial charge in [0.15, 0.2) is 12.2 Å². The third-order valence-corrected chi connectivity index (χ3v) is 4.48. The Hall–Kier alpha value is -2.23. The van der Waals surface area contributed by atoms with Crippen LogP contribution in [0.1, 0.15) is 12.8 Å². The van der Waals surface area contributed by atoms with Crippen molar-refractivity contribution in [3.8, 4) is 5.75 Å². The van der Waals surface area contributed by atoms with E-state index >= 15 is 0 Å². The molecule has 0 bridgehead atoms. The first-order chi connectivity index (χ1) is 11.4. The minimum Gasteiger partial charge on any atom is -0.479 e. The van der Waals surface area contributed by atoms with Crippen molar-refractivity contribution in [2.75, 3.05) is 11.4 Å². The molecular formula is C15H19N3O6. The molecular weight excluding hydrogens is 318 g/mol. The fourth-order valence-corrected chi connectivity index (χ4v) is 3.17. The standard InChI is InChI=1S/C15H19N3O6/c16-6-8-3-7-4-10(7)18(8)11-5-9(1-2-17-11)24-15(23)13(20)12(19)14(21)22/h1-2,5,7-8,10,12-13,19-20H,3-4,6,16H2,(H,21,22). The van der Waals surface area contributed by atoms with Crippen LogP contribution in [0.2, 0.25) is 0 Å². The van der Waals surface area contributed by atoms with Gasteiger partial charge in [0.2, 0.25) is 0 Å². The highest BCUT2D eigenvalue weighted by molar-refractivity contribution is 5.85. The topological polar surface area (TPSA) is 146 Å². The Labute approximate surface area is 137 Å². The number of piperidine rings is 1. The van der Waals surface area contributed by atoms with Crippen molar-refractivity contribution in [3.63, 3.8) is 0 Å². The Morgan fingerprint density at radius 3 is 2.79 bits per heavy atom. The molecule has 1 aromatic rings. The Morgan fingerprint density at radius 1 is 1.38 bits per heavy atom. The monoisotopic (exact) mass is 337 g/mol. The lowest BCUT2D eigenvalue weighted by Crippen LogP contribution is -2.41. The highest BCUT2D eigenvalue weighted by Gasteiger charge is 2.52. The van der Waals surface area contributed by atoms with Gasteiger partial charge in [-0.15, -0.1) is 0 Å². The molecule has 2 aliphatic rings. The van der Waals surface area contributed by atoms with Gasteiger partial charge in [0.25, 0.3) is 0 Å². The molecule has 130 valence electrons. The van der Waals surface area contributed by atoms with Crippen LogP contribution in [-0.4, -0.2) is 63.1 Å². The molecule has 9 nitrogen and oxygen atoms in total. The number of ether oxygens (including phenoxy) is 1. The third-order valence-electron chi connectivity index (χ3n) is 4.48. The zero-order valence-corrected chi connectivity index (χ0v) is 12.8. The van der Waals surface area contributed by atoms with Crippen molar-refractivity contribution < 1.29 is 29.6 Å². The zero-order chi connectivity index (χ0) is 17.4. The summed E-state index contributed by atoms with van der Waals surface area (Å²) in [5.74, 6) is -1.60. The normalized spacial score (nSPS) is 27.3. The summed E-state index contributed by atoms with van der Waals surface area (Å²) < 4.78 is 4.96. The largest absolute Gasteiger partial charge is 0.479 e. The molecule has 1 saturated carbocycles. The number of nitrogens with two attached hydrogens (primary N) is 1. The van der Waals surface area contributed by atoms with Crippen LogP contribution in [0, 0.1) is 5.92 Å². The lowest BCUT2D eigenvalue weighted by Gasteiger charge is -2.27. The highest BCUT2D eigenvalue weighted by Crippen LogP contribution is 2.49. The average molecular weight is 337 g/mol. The number of carboxylic acids is 1. The van der Waals surface area contributed by atoms with Crippen LogP contribution in [0.3, 0.4) is 0 Å². The van der Waals surface area contributed by atoms with Crippen LogP contribution < -0.4 is 15.4 Å². The number of aliphatic hydroxyl groups excluding tert-OH is 2. The number of carbonyl (C=O) groups excluding carboxylic acids is 1. The summed E-state index contributed by atoms with van der Waals surface area (Å²) in [7, 11) is 0. The Morgan fingerprint density at radius 2 is 2.12 bits per heavy atom. The van der Waals surface area contributed by atoms with E-state index in [4.69, 9.17) is 15.6 Å². The first-order valence-corrected chi connectivity index (χ1v) is 7.67. The lowest BCUT2D eigenvalue weighted by molar-refractivity contribution is -0.164. The molecule has 9 heteroatoms. The van der Waals surface area contributed by atoms with Gasteiger partial charge in [0.05, 0.1) is 0 Å². The number of aliphatic hydroxyl groups is 2. The van der Waals surface area contributed by atoms with Gasteiger partial charge < -0.3 is 30.7 Å². The number of aromatic nitrogens is 1. The van der Waals surface area contributed by atoms with E-state index in [1.807, 2.05) is 0 Å². The van der Waals surface area contributed by atoms with Crippen molar-refractivity contribution in [3.05, 3.63) is 18.3 Å². The molecule has 24 heavy (non-hydrogen) atoms. The molecule has 2 fully saturated rings. The van der Waals surface area contributed by atoms with E-state index in [0.29, 0.717) is 24.3 Å². The van der Waals surface area contributed by atoms with E-state index < -0.39 is 24.1 Å². The molecule has 5 atom stereocenters. The zero-order valence-electron chi connectivity index (χ0n) is 12.8. The van der Waals surface area contributed by atoms with Gasteiger partial charge in [-0.2, -0.15) is 0 Å². The SMILES string of the molecule is NCC1CC2CC2N1c1cc(OC(=O)C(O)C(O)C(=O)O)ccn1.